The molecule has 0 spiro atoms. The van der Waals surface area contributed by atoms with Gasteiger partial charge in [-0.05, 0) is 23.8 Å². The van der Waals surface area contributed by atoms with Crippen LogP contribution in [0.1, 0.15) is 11.3 Å². The van der Waals surface area contributed by atoms with E-state index >= 15 is 0 Å². The van der Waals surface area contributed by atoms with Gasteiger partial charge in [0.1, 0.15) is 18.0 Å². The molecule has 1 heterocycles. The molecule has 0 aliphatic rings. The van der Waals surface area contributed by atoms with Crippen LogP contribution in [0.2, 0.25) is 0 Å². The number of nitrogens with one attached hydrogen (secondary N) is 1. The summed E-state index contributed by atoms with van der Waals surface area (Å²) in [4.78, 5) is 29.6. The van der Waals surface area contributed by atoms with Gasteiger partial charge in [0.05, 0.1) is 17.2 Å². The van der Waals surface area contributed by atoms with Crippen molar-refractivity contribution < 1.29 is 19.9 Å². The van der Waals surface area contributed by atoms with Crippen LogP contribution in [-0.4, -0.2) is 31.0 Å². The summed E-state index contributed by atoms with van der Waals surface area (Å²) in [6.45, 7) is 0.0569. The lowest BCUT2D eigenvalue weighted by Crippen LogP contribution is -2.24. The number of amides is 1. The molecular weight excluding hydrogens is 330 g/mol. The average molecular weight is 341 g/mol. The van der Waals surface area contributed by atoms with Crippen LogP contribution >= 0.6 is 0 Å². The van der Waals surface area contributed by atoms with Crippen molar-refractivity contribution in [2.24, 2.45) is 0 Å². The smallest absolute Gasteiger partial charge is 0.315 e. The van der Waals surface area contributed by atoms with Gasteiger partial charge in [0.25, 0.3) is 5.91 Å². The van der Waals surface area contributed by atoms with Crippen molar-refractivity contribution in [3.05, 3.63) is 57.7 Å². The van der Waals surface area contributed by atoms with Crippen LogP contribution in [0.15, 0.2) is 36.3 Å². The number of nitrogens with zero attached hydrogens (tertiary/aromatic N) is 4. The van der Waals surface area contributed by atoms with Crippen molar-refractivity contribution >= 4 is 17.7 Å². The number of nitriles is 1. The Morgan fingerprint density at radius 2 is 2.20 bits per heavy atom. The van der Waals surface area contributed by atoms with Gasteiger partial charge in [-0.25, -0.2) is 9.97 Å². The molecule has 0 fully saturated rings. The summed E-state index contributed by atoms with van der Waals surface area (Å²) >= 11 is 0. The fourth-order valence-corrected chi connectivity index (χ4v) is 1.85. The van der Waals surface area contributed by atoms with Crippen molar-refractivity contribution in [1.29, 1.82) is 5.26 Å². The molecular formula is C15H11N5O5. The Labute approximate surface area is 140 Å². The molecule has 10 nitrogen and oxygen atoms in total. The minimum atomic E-state index is -0.895. The molecule has 0 aliphatic heterocycles. The van der Waals surface area contributed by atoms with E-state index < -0.39 is 28.0 Å². The van der Waals surface area contributed by atoms with Gasteiger partial charge in [-0.2, -0.15) is 5.26 Å². The molecule has 2 rings (SSSR count). The zero-order valence-corrected chi connectivity index (χ0v) is 12.6. The molecule has 1 aromatic carbocycles. The number of aromatic hydroxyl groups is 2. The molecule has 3 N–H and O–H groups in total. The number of phenolic OH excluding ortho intramolecular Hbond substituents is 2. The van der Waals surface area contributed by atoms with E-state index in [-0.39, 0.29) is 17.7 Å². The first-order chi connectivity index (χ1) is 11.9. The van der Waals surface area contributed by atoms with E-state index in [2.05, 4.69) is 15.3 Å². The highest BCUT2D eigenvalue weighted by atomic mass is 16.6. The number of phenols is 2. The highest BCUT2D eigenvalue weighted by Crippen LogP contribution is 2.36. The number of hydrogen-bond donors (Lipinski definition) is 3. The second-order valence-corrected chi connectivity index (χ2v) is 4.72. The van der Waals surface area contributed by atoms with Gasteiger partial charge in [0, 0.05) is 12.3 Å². The molecule has 126 valence electrons. The Morgan fingerprint density at radius 1 is 1.44 bits per heavy atom. The zero-order chi connectivity index (χ0) is 18.4. The molecule has 0 atom stereocenters. The monoisotopic (exact) mass is 341 g/mol. The molecule has 1 amide bonds. The molecule has 1 aromatic heterocycles. The Morgan fingerprint density at radius 3 is 2.80 bits per heavy atom. The second kappa shape index (κ2) is 7.51. The Balaban J connectivity index is 2.23. The summed E-state index contributed by atoms with van der Waals surface area (Å²) in [7, 11) is 0. The van der Waals surface area contributed by atoms with E-state index in [1.54, 1.807) is 12.1 Å². The topological polar surface area (TPSA) is 162 Å². The van der Waals surface area contributed by atoms with Gasteiger partial charge in [-0.1, -0.05) is 0 Å². The summed E-state index contributed by atoms with van der Waals surface area (Å²) in [5.74, 6) is -2.36. The minimum absolute atomic E-state index is 0.00994. The van der Waals surface area contributed by atoms with Crippen molar-refractivity contribution in [2.75, 3.05) is 0 Å². The lowest BCUT2D eigenvalue weighted by atomic mass is 10.1. The number of aromatic nitrogens is 2. The van der Waals surface area contributed by atoms with Crippen LogP contribution in [-0.2, 0) is 11.3 Å². The number of rotatable bonds is 5. The van der Waals surface area contributed by atoms with Crippen molar-refractivity contribution in [1.82, 2.24) is 15.3 Å². The van der Waals surface area contributed by atoms with E-state index in [9.17, 15) is 25.1 Å². The van der Waals surface area contributed by atoms with Crippen LogP contribution in [0.4, 0.5) is 5.69 Å². The fraction of sp³-hybridized carbons (Fsp3) is 0.0667. The van der Waals surface area contributed by atoms with Gasteiger partial charge in [0.2, 0.25) is 5.75 Å². The fourth-order valence-electron chi connectivity index (χ4n) is 1.85. The van der Waals surface area contributed by atoms with E-state index in [0.717, 1.165) is 18.2 Å². The first-order valence-corrected chi connectivity index (χ1v) is 6.77. The summed E-state index contributed by atoms with van der Waals surface area (Å²) in [5.41, 5.74) is -0.548. The number of hydrogen-bond acceptors (Lipinski definition) is 8. The van der Waals surface area contributed by atoms with E-state index in [4.69, 9.17) is 5.26 Å². The summed E-state index contributed by atoms with van der Waals surface area (Å²) in [6.07, 6.45) is 3.86. The Hall–Kier alpha value is -4.00. The molecule has 0 radical (unpaired) electrons. The van der Waals surface area contributed by atoms with Crippen LogP contribution in [0.5, 0.6) is 11.5 Å². The van der Waals surface area contributed by atoms with E-state index in [0.29, 0.717) is 5.69 Å². The van der Waals surface area contributed by atoms with Crippen LogP contribution < -0.4 is 5.32 Å². The standard InChI is InChI=1S/C15H11N5O5/c16-6-10(15(23)18-7-11-1-2-17-8-19-11)3-9-4-12(20(24)25)14(22)13(21)5-9/h1-5,8,21-22H,7H2,(H,18,23)/b10-3+. The highest BCUT2D eigenvalue weighted by Gasteiger charge is 2.19. The van der Waals surface area contributed by atoms with Gasteiger partial charge >= 0.3 is 5.69 Å². The van der Waals surface area contributed by atoms with Gasteiger partial charge in [-0.3, -0.25) is 14.9 Å². The van der Waals surface area contributed by atoms with Crippen molar-refractivity contribution in [3.8, 4) is 17.6 Å². The molecule has 25 heavy (non-hydrogen) atoms. The first-order valence-electron chi connectivity index (χ1n) is 6.77. The third-order valence-electron chi connectivity index (χ3n) is 3.04. The van der Waals surface area contributed by atoms with Crippen molar-refractivity contribution in [3.63, 3.8) is 0 Å². The lowest BCUT2D eigenvalue weighted by Gasteiger charge is -2.04. The maximum Gasteiger partial charge on any atom is 0.315 e. The predicted molar refractivity (Wildman–Crippen MR) is 83.9 cm³/mol. The molecule has 0 bridgehead atoms. The minimum Gasteiger partial charge on any atom is -0.504 e. The molecule has 0 unspecified atom stereocenters. The van der Waals surface area contributed by atoms with Crippen LogP contribution in [0.3, 0.4) is 0 Å². The zero-order valence-electron chi connectivity index (χ0n) is 12.6. The molecule has 10 heteroatoms. The third kappa shape index (κ3) is 4.26. The highest BCUT2D eigenvalue weighted by molar-refractivity contribution is 6.01. The van der Waals surface area contributed by atoms with Gasteiger partial charge < -0.3 is 15.5 Å². The maximum atomic E-state index is 12.0. The first kappa shape index (κ1) is 17.4. The largest absolute Gasteiger partial charge is 0.504 e. The lowest BCUT2D eigenvalue weighted by molar-refractivity contribution is -0.386. The molecule has 2 aromatic rings. The maximum absolute atomic E-state index is 12.0. The number of nitro benzene ring substituents is 1. The molecule has 0 saturated carbocycles. The quantitative estimate of drug-likeness (QED) is 0.238. The van der Waals surface area contributed by atoms with E-state index in [1.807, 2.05) is 0 Å². The SMILES string of the molecule is N#C/C(=C\c1cc(O)c(O)c([N+](=O)[O-])c1)C(=O)NCc1ccncn1. The van der Waals surface area contributed by atoms with Crippen molar-refractivity contribution in [2.45, 2.75) is 6.54 Å². The van der Waals surface area contributed by atoms with Gasteiger partial charge in [-0.15, -0.1) is 0 Å². The number of benzene rings is 1. The average Bonchev–Trinajstić information content (AvgIpc) is 2.61. The van der Waals surface area contributed by atoms with Crippen LogP contribution in [0, 0.1) is 21.4 Å². The Kier molecular flexibility index (Phi) is 5.22. The number of carbonyl (C=O) groups is 1. The normalized spacial score (nSPS) is 10.8. The molecule has 0 saturated heterocycles. The third-order valence-corrected chi connectivity index (χ3v) is 3.04. The Bertz CT molecular complexity index is 889. The predicted octanol–water partition coefficient (Wildman–Crippen LogP) is 1.02. The summed E-state index contributed by atoms with van der Waals surface area (Å²) in [6, 6.07) is 5.18. The number of nitro groups is 1. The number of carbonyl (C=O) groups excluding carboxylic acids is 1. The van der Waals surface area contributed by atoms with E-state index in [1.165, 1.54) is 12.5 Å². The summed E-state index contributed by atoms with van der Waals surface area (Å²) < 4.78 is 0. The molecule has 0 aliphatic carbocycles. The second-order valence-electron chi connectivity index (χ2n) is 4.72. The van der Waals surface area contributed by atoms with Crippen LogP contribution in [0.25, 0.3) is 6.08 Å². The van der Waals surface area contributed by atoms with Gasteiger partial charge in [0.15, 0.2) is 5.75 Å². The summed E-state index contributed by atoms with van der Waals surface area (Å²) in [5, 5.41) is 41.4.